The average Bonchev–Trinajstić information content (AvgIpc) is 2.44. The molecular formula is C13H26N2O3S. The standard InChI is InChI=1S/C13H26N2O3S/c1-4-6-9-14(3)13(16)12-7-10-15(11-8-12)19(17,18)5-2/h12H,4-11H2,1-3H3. The molecule has 0 aromatic heterocycles. The maximum absolute atomic E-state index is 12.2. The zero-order valence-electron chi connectivity index (χ0n) is 12.3. The minimum absolute atomic E-state index is 0.00911. The van der Waals surface area contributed by atoms with Crippen molar-refractivity contribution >= 4 is 15.9 Å². The van der Waals surface area contributed by atoms with Crippen LogP contribution in [0, 0.1) is 5.92 Å². The van der Waals surface area contributed by atoms with E-state index in [1.807, 2.05) is 7.05 Å². The number of nitrogens with zero attached hydrogens (tertiary/aromatic N) is 2. The van der Waals surface area contributed by atoms with Crippen molar-refractivity contribution in [1.29, 1.82) is 0 Å². The van der Waals surface area contributed by atoms with Crippen LogP contribution in [0.4, 0.5) is 0 Å². The van der Waals surface area contributed by atoms with E-state index in [0.717, 1.165) is 19.4 Å². The zero-order valence-corrected chi connectivity index (χ0v) is 13.1. The third-order valence-electron chi connectivity index (χ3n) is 3.78. The summed E-state index contributed by atoms with van der Waals surface area (Å²) in [6.07, 6.45) is 3.39. The van der Waals surface area contributed by atoms with Gasteiger partial charge in [0.1, 0.15) is 0 Å². The topological polar surface area (TPSA) is 57.7 Å². The van der Waals surface area contributed by atoms with Gasteiger partial charge in [-0.25, -0.2) is 12.7 Å². The molecule has 1 amide bonds. The summed E-state index contributed by atoms with van der Waals surface area (Å²) >= 11 is 0. The van der Waals surface area contributed by atoms with Crippen LogP contribution in [0.2, 0.25) is 0 Å². The highest BCUT2D eigenvalue weighted by molar-refractivity contribution is 7.89. The molecule has 0 aliphatic carbocycles. The number of rotatable bonds is 6. The van der Waals surface area contributed by atoms with E-state index < -0.39 is 10.0 Å². The molecule has 1 rings (SSSR count). The maximum Gasteiger partial charge on any atom is 0.225 e. The van der Waals surface area contributed by atoms with Gasteiger partial charge in [0.15, 0.2) is 0 Å². The van der Waals surface area contributed by atoms with Crippen LogP contribution in [0.1, 0.15) is 39.5 Å². The number of carbonyl (C=O) groups excluding carboxylic acids is 1. The highest BCUT2D eigenvalue weighted by Gasteiger charge is 2.31. The molecule has 1 heterocycles. The van der Waals surface area contributed by atoms with E-state index in [1.165, 1.54) is 4.31 Å². The van der Waals surface area contributed by atoms with E-state index in [4.69, 9.17) is 0 Å². The van der Waals surface area contributed by atoms with Crippen molar-refractivity contribution in [2.24, 2.45) is 5.92 Å². The predicted molar refractivity (Wildman–Crippen MR) is 76.3 cm³/mol. The first-order chi connectivity index (χ1) is 8.92. The lowest BCUT2D eigenvalue weighted by molar-refractivity contribution is -0.135. The quantitative estimate of drug-likeness (QED) is 0.741. The lowest BCUT2D eigenvalue weighted by atomic mass is 9.96. The van der Waals surface area contributed by atoms with Crippen molar-refractivity contribution in [1.82, 2.24) is 9.21 Å². The molecule has 0 atom stereocenters. The molecule has 0 unspecified atom stereocenters. The first-order valence-electron chi connectivity index (χ1n) is 7.15. The zero-order chi connectivity index (χ0) is 14.5. The van der Waals surface area contributed by atoms with E-state index in [-0.39, 0.29) is 17.6 Å². The van der Waals surface area contributed by atoms with Gasteiger partial charge in [-0.3, -0.25) is 4.79 Å². The summed E-state index contributed by atoms with van der Waals surface area (Å²) in [5.41, 5.74) is 0. The SMILES string of the molecule is CCCCN(C)C(=O)C1CCN(S(=O)(=O)CC)CC1. The van der Waals surface area contributed by atoms with Gasteiger partial charge >= 0.3 is 0 Å². The second-order valence-electron chi connectivity index (χ2n) is 5.19. The summed E-state index contributed by atoms with van der Waals surface area (Å²) < 4.78 is 25.0. The maximum atomic E-state index is 12.2. The van der Waals surface area contributed by atoms with E-state index in [0.29, 0.717) is 25.9 Å². The van der Waals surface area contributed by atoms with Gasteiger partial charge in [-0.05, 0) is 26.2 Å². The van der Waals surface area contributed by atoms with Crippen molar-refractivity contribution in [2.75, 3.05) is 32.4 Å². The molecule has 0 aromatic rings. The van der Waals surface area contributed by atoms with Crippen LogP contribution in [0.15, 0.2) is 0 Å². The van der Waals surface area contributed by atoms with Crippen molar-refractivity contribution in [3.8, 4) is 0 Å². The Kier molecular flexibility index (Phi) is 6.26. The molecule has 0 radical (unpaired) electrons. The summed E-state index contributed by atoms with van der Waals surface area (Å²) in [5, 5.41) is 0. The summed E-state index contributed by atoms with van der Waals surface area (Å²) in [5.74, 6) is 0.300. The minimum atomic E-state index is -3.10. The van der Waals surface area contributed by atoms with Gasteiger partial charge in [-0.2, -0.15) is 0 Å². The third kappa shape index (κ3) is 4.45. The van der Waals surface area contributed by atoms with E-state index >= 15 is 0 Å². The lowest BCUT2D eigenvalue weighted by Crippen LogP contribution is -2.44. The average molecular weight is 290 g/mol. The van der Waals surface area contributed by atoms with Crippen molar-refractivity contribution in [3.63, 3.8) is 0 Å². The molecule has 5 nitrogen and oxygen atoms in total. The van der Waals surface area contributed by atoms with Crippen molar-refractivity contribution in [2.45, 2.75) is 39.5 Å². The number of hydrogen-bond donors (Lipinski definition) is 0. The van der Waals surface area contributed by atoms with Crippen LogP contribution in [0.25, 0.3) is 0 Å². The third-order valence-corrected chi connectivity index (χ3v) is 5.67. The van der Waals surface area contributed by atoms with Gasteiger partial charge in [0.25, 0.3) is 0 Å². The minimum Gasteiger partial charge on any atom is -0.346 e. The molecule has 0 N–H and O–H groups in total. The number of piperidine rings is 1. The number of amides is 1. The number of hydrogen-bond acceptors (Lipinski definition) is 3. The van der Waals surface area contributed by atoms with Crippen LogP contribution in [-0.4, -0.2) is 56.0 Å². The Labute approximate surface area is 117 Å². The van der Waals surface area contributed by atoms with Gasteiger partial charge in [0, 0.05) is 32.6 Å². The lowest BCUT2D eigenvalue weighted by Gasteiger charge is -2.32. The Morgan fingerprint density at radius 1 is 1.26 bits per heavy atom. The Hall–Kier alpha value is -0.620. The fourth-order valence-electron chi connectivity index (χ4n) is 2.38. The van der Waals surface area contributed by atoms with Crippen LogP contribution >= 0.6 is 0 Å². The van der Waals surface area contributed by atoms with Gasteiger partial charge in [-0.15, -0.1) is 0 Å². The molecule has 0 saturated carbocycles. The summed E-state index contributed by atoms with van der Waals surface area (Å²) in [6, 6.07) is 0. The van der Waals surface area contributed by atoms with Crippen LogP contribution in [0.5, 0.6) is 0 Å². The molecular weight excluding hydrogens is 264 g/mol. The fourth-order valence-corrected chi connectivity index (χ4v) is 3.51. The Morgan fingerprint density at radius 3 is 2.32 bits per heavy atom. The van der Waals surface area contributed by atoms with E-state index in [1.54, 1.807) is 11.8 Å². The van der Waals surface area contributed by atoms with Crippen LogP contribution < -0.4 is 0 Å². The van der Waals surface area contributed by atoms with E-state index in [2.05, 4.69) is 6.92 Å². The van der Waals surface area contributed by atoms with Crippen LogP contribution in [0.3, 0.4) is 0 Å². The highest BCUT2D eigenvalue weighted by atomic mass is 32.2. The second-order valence-corrected chi connectivity index (χ2v) is 7.44. The highest BCUT2D eigenvalue weighted by Crippen LogP contribution is 2.21. The monoisotopic (exact) mass is 290 g/mol. The summed E-state index contributed by atoms with van der Waals surface area (Å²) in [6.45, 7) is 5.52. The number of sulfonamides is 1. The second kappa shape index (κ2) is 7.24. The molecule has 6 heteroatoms. The molecule has 1 aliphatic heterocycles. The summed E-state index contributed by atoms with van der Waals surface area (Å²) in [7, 11) is -1.26. The fraction of sp³-hybridized carbons (Fsp3) is 0.923. The molecule has 112 valence electrons. The van der Waals surface area contributed by atoms with E-state index in [9.17, 15) is 13.2 Å². The van der Waals surface area contributed by atoms with Gasteiger partial charge in [0.2, 0.25) is 15.9 Å². The first kappa shape index (κ1) is 16.4. The van der Waals surface area contributed by atoms with Gasteiger partial charge in [-0.1, -0.05) is 13.3 Å². The van der Waals surface area contributed by atoms with Crippen LogP contribution in [-0.2, 0) is 14.8 Å². The molecule has 1 aliphatic rings. The van der Waals surface area contributed by atoms with Gasteiger partial charge < -0.3 is 4.90 Å². The molecule has 19 heavy (non-hydrogen) atoms. The largest absolute Gasteiger partial charge is 0.346 e. The predicted octanol–water partition coefficient (Wildman–Crippen LogP) is 1.31. The number of unbranched alkanes of at least 4 members (excludes halogenated alkanes) is 1. The van der Waals surface area contributed by atoms with Crippen molar-refractivity contribution < 1.29 is 13.2 Å². The molecule has 0 spiro atoms. The van der Waals surface area contributed by atoms with Crippen molar-refractivity contribution in [3.05, 3.63) is 0 Å². The molecule has 1 saturated heterocycles. The Bertz CT molecular complexity index is 387. The van der Waals surface area contributed by atoms with Gasteiger partial charge in [0.05, 0.1) is 5.75 Å². The molecule has 0 aromatic carbocycles. The smallest absolute Gasteiger partial charge is 0.225 e. The molecule has 1 fully saturated rings. The Balaban J connectivity index is 2.47. The Morgan fingerprint density at radius 2 is 1.84 bits per heavy atom. The molecule has 0 bridgehead atoms. The summed E-state index contributed by atoms with van der Waals surface area (Å²) in [4.78, 5) is 14.0. The first-order valence-corrected chi connectivity index (χ1v) is 8.76. The normalized spacial score (nSPS) is 18.5. The number of carbonyl (C=O) groups is 1.